The molecule has 4 heterocycles. The van der Waals surface area contributed by atoms with Gasteiger partial charge in [0.1, 0.15) is 28.1 Å². The van der Waals surface area contributed by atoms with Crippen molar-refractivity contribution < 1.29 is 32.9 Å². The number of halogens is 3. The lowest BCUT2D eigenvalue weighted by atomic mass is 10.0. The van der Waals surface area contributed by atoms with Gasteiger partial charge in [0.25, 0.3) is 0 Å². The van der Waals surface area contributed by atoms with Crippen molar-refractivity contribution in [2.45, 2.75) is 58.0 Å². The van der Waals surface area contributed by atoms with Crippen molar-refractivity contribution in [1.29, 1.82) is 0 Å². The highest BCUT2D eigenvalue weighted by Gasteiger charge is 2.37. The van der Waals surface area contributed by atoms with E-state index in [2.05, 4.69) is 15.4 Å². The van der Waals surface area contributed by atoms with E-state index in [0.717, 1.165) is 4.52 Å². The lowest BCUT2D eigenvalue weighted by molar-refractivity contribution is -0.136. The third kappa shape index (κ3) is 4.39. The Balaban J connectivity index is 1.58. The zero-order valence-corrected chi connectivity index (χ0v) is 19.0. The second-order valence-electron chi connectivity index (χ2n) is 9.28. The van der Waals surface area contributed by atoms with Crippen LogP contribution < -0.4 is 0 Å². The summed E-state index contributed by atoms with van der Waals surface area (Å²) >= 11 is 0. The average molecular weight is 482 g/mol. The first-order valence-electron chi connectivity index (χ1n) is 10.6. The fourth-order valence-corrected chi connectivity index (χ4v) is 4.06. The Labute approximate surface area is 192 Å². The van der Waals surface area contributed by atoms with Crippen molar-refractivity contribution in [2.24, 2.45) is 0 Å². The Hall–Kier alpha value is -3.35. The second kappa shape index (κ2) is 8.15. The van der Waals surface area contributed by atoms with Crippen LogP contribution in [0.5, 0.6) is 5.75 Å². The summed E-state index contributed by atoms with van der Waals surface area (Å²) in [5.74, 6) is -0.595. The Bertz CT molecular complexity index is 1230. The first kappa shape index (κ1) is 23.8. The summed E-state index contributed by atoms with van der Waals surface area (Å²) in [7, 11) is 0. The van der Waals surface area contributed by atoms with Crippen molar-refractivity contribution in [1.82, 2.24) is 29.5 Å². The largest absolute Gasteiger partial charge is 0.506 e. The highest BCUT2D eigenvalue weighted by molar-refractivity contribution is 5.72. The van der Waals surface area contributed by atoms with Crippen molar-refractivity contribution in [3.63, 3.8) is 0 Å². The summed E-state index contributed by atoms with van der Waals surface area (Å²) in [6, 6.07) is 0.702. The highest BCUT2D eigenvalue weighted by atomic mass is 19.4. The van der Waals surface area contributed by atoms with E-state index in [1.54, 1.807) is 27.7 Å². The van der Waals surface area contributed by atoms with E-state index in [9.17, 15) is 28.2 Å². The van der Waals surface area contributed by atoms with Gasteiger partial charge < -0.3 is 19.8 Å². The van der Waals surface area contributed by atoms with Crippen LogP contribution in [0.3, 0.4) is 0 Å². The SMILES string of the molecule is Cc1c(-c2cc(O)c3c(C(F)(F)F)cnn3c2)nnn1[C@@H]1CCN(C(=O)OC(C)(C)C)C[C@@H]1O. The number of likely N-dealkylation sites (tertiary alicyclic amines) is 1. The number of fused-ring (bicyclic) bond motifs is 1. The molecular formula is C21H25F3N6O4. The van der Waals surface area contributed by atoms with Crippen LogP contribution >= 0.6 is 0 Å². The zero-order chi connectivity index (χ0) is 25.0. The maximum atomic E-state index is 13.2. The van der Waals surface area contributed by atoms with E-state index in [0.29, 0.717) is 36.1 Å². The summed E-state index contributed by atoms with van der Waals surface area (Å²) in [6.45, 7) is 7.37. The maximum Gasteiger partial charge on any atom is 0.420 e. The quantitative estimate of drug-likeness (QED) is 0.576. The van der Waals surface area contributed by atoms with Crippen LogP contribution in [0.25, 0.3) is 16.8 Å². The molecule has 13 heteroatoms. The van der Waals surface area contributed by atoms with Crippen molar-refractivity contribution in [2.75, 3.05) is 13.1 Å². The lowest BCUT2D eigenvalue weighted by Gasteiger charge is -2.36. The number of aliphatic hydroxyl groups excluding tert-OH is 1. The molecule has 34 heavy (non-hydrogen) atoms. The molecule has 1 aliphatic rings. The summed E-state index contributed by atoms with van der Waals surface area (Å²) in [4.78, 5) is 13.7. The highest BCUT2D eigenvalue weighted by Crippen LogP contribution is 2.38. The molecule has 0 aliphatic carbocycles. The first-order valence-corrected chi connectivity index (χ1v) is 10.6. The zero-order valence-electron chi connectivity index (χ0n) is 19.0. The van der Waals surface area contributed by atoms with Crippen LogP contribution in [0.4, 0.5) is 18.0 Å². The van der Waals surface area contributed by atoms with Gasteiger partial charge in [-0.05, 0) is 40.2 Å². The number of carbonyl (C=O) groups excluding carboxylic acids is 1. The topological polar surface area (TPSA) is 118 Å². The first-order chi connectivity index (χ1) is 15.8. The molecule has 3 aromatic heterocycles. The molecule has 3 aromatic rings. The van der Waals surface area contributed by atoms with Gasteiger partial charge in [0.2, 0.25) is 0 Å². The van der Waals surface area contributed by atoms with E-state index < -0.39 is 46.8 Å². The number of piperidine rings is 1. The van der Waals surface area contributed by atoms with Gasteiger partial charge in [0.15, 0.2) is 0 Å². The smallest absolute Gasteiger partial charge is 0.420 e. The number of nitrogens with zero attached hydrogens (tertiary/aromatic N) is 6. The summed E-state index contributed by atoms with van der Waals surface area (Å²) in [6.07, 6.45) is -3.75. The van der Waals surface area contributed by atoms with E-state index in [4.69, 9.17) is 4.74 Å². The summed E-state index contributed by atoms with van der Waals surface area (Å²) < 4.78 is 47.4. The number of hydrogen-bond donors (Lipinski definition) is 2. The molecule has 1 saturated heterocycles. The Kier molecular flexibility index (Phi) is 5.70. The van der Waals surface area contributed by atoms with Crippen molar-refractivity contribution in [3.8, 4) is 17.0 Å². The molecule has 184 valence electrons. The molecule has 0 saturated carbocycles. The Morgan fingerprint density at radius 3 is 2.59 bits per heavy atom. The van der Waals surface area contributed by atoms with Crippen LogP contribution in [0.2, 0.25) is 0 Å². The number of hydrogen-bond acceptors (Lipinski definition) is 7. The maximum absolute atomic E-state index is 13.2. The molecule has 10 nitrogen and oxygen atoms in total. The Morgan fingerprint density at radius 2 is 1.97 bits per heavy atom. The molecule has 1 amide bonds. The van der Waals surface area contributed by atoms with Gasteiger partial charge in [0, 0.05) is 18.3 Å². The number of aliphatic hydroxyl groups is 1. The molecule has 0 bridgehead atoms. The van der Waals surface area contributed by atoms with Crippen molar-refractivity contribution >= 4 is 11.6 Å². The fraction of sp³-hybridized carbons (Fsp3) is 0.524. The van der Waals surface area contributed by atoms with E-state index in [-0.39, 0.29) is 6.54 Å². The van der Waals surface area contributed by atoms with Gasteiger partial charge in [-0.1, -0.05) is 5.21 Å². The molecule has 0 spiro atoms. The van der Waals surface area contributed by atoms with Crippen LogP contribution in [0.1, 0.15) is 44.5 Å². The number of alkyl halides is 3. The number of ether oxygens (including phenoxy) is 1. The number of carbonyl (C=O) groups is 1. The summed E-state index contributed by atoms with van der Waals surface area (Å²) in [5.41, 5.74) is -0.979. The molecule has 0 aromatic carbocycles. The third-order valence-corrected chi connectivity index (χ3v) is 5.61. The van der Waals surface area contributed by atoms with Gasteiger partial charge >= 0.3 is 12.3 Å². The minimum absolute atomic E-state index is 0.0501. The predicted octanol–water partition coefficient (Wildman–Crippen LogP) is 3.17. The standard InChI is InChI=1S/C21H25F3N6O4/c1-11-17(12-7-15(31)18-13(21(22,23)24)8-25-29(18)9-12)26-27-30(11)14-5-6-28(10-16(14)32)19(33)34-20(2,3)4/h7-9,14,16,31-32H,5-6,10H2,1-4H3/t14-,16+/m1/s1. The molecule has 1 aliphatic heterocycles. The monoisotopic (exact) mass is 482 g/mol. The minimum Gasteiger partial charge on any atom is -0.506 e. The van der Waals surface area contributed by atoms with Gasteiger partial charge in [0.05, 0.1) is 30.6 Å². The van der Waals surface area contributed by atoms with Crippen LogP contribution in [0.15, 0.2) is 18.5 Å². The van der Waals surface area contributed by atoms with E-state index >= 15 is 0 Å². The van der Waals surface area contributed by atoms with Crippen molar-refractivity contribution in [3.05, 3.63) is 29.7 Å². The van der Waals surface area contributed by atoms with Crippen LogP contribution in [-0.2, 0) is 10.9 Å². The number of rotatable bonds is 2. The number of pyridine rings is 1. The number of amides is 1. The molecular weight excluding hydrogens is 457 g/mol. The number of aromatic nitrogens is 5. The molecule has 2 N–H and O–H groups in total. The molecule has 0 radical (unpaired) electrons. The van der Waals surface area contributed by atoms with Gasteiger partial charge in [-0.3, -0.25) is 0 Å². The Morgan fingerprint density at radius 1 is 1.26 bits per heavy atom. The van der Waals surface area contributed by atoms with E-state index in [1.165, 1.54) is 21.8 Å². The molecule has 1 fully saturated rings. The fourth-order valence-electron chi connectivity index (χ4n) is 4.06. The second-order valence-corrected chi connectivity index (χ2v) is 9.28. The van der Waals surface area contributed by atoms with E-state index in [1.807, 2.05) is 0 Å². The van der Waals surface area contributed by atoms with Crippen LogP contribution in [0, 0.1) is 6.92 Å². The molecule has 0 unspecified atom stereocenters. The predicted molar refractivity (Wildman–Crippen MR) is 113 cm³/mol. The summed E-state index contributed by atoms with van der Waals surface area (Å²) in [5, 5.41) is 33.0. The minimum atomic E-state index is -4.66. The lowest BCUT2D eigenvalue weighted by Crippen LogP contribution is -2.49. The normalized spacial score (nSPS) is 19.6. The van der Waals surface area contributed by atoms with Gasteiger partial charge in [-0.25, -0.2) is 14.0 Å². The number of β-amino-alcohol motifs (C(OH)–C–C–N with tert-alkyl or cyclic N) is 1. The van der Waals surface area contributed by atoms with Gasteiger partial charge in [-0.2, -0.15) is 18.3 Å². The molecule has 4 rings (SSSR count). The third-order valence-electron chi connectivity index (χ3n) is 5.61. The average Bonchev–Trinajstić information content (AvgIpc) is 3.30. The molecule has 2 atom stereocenters. The van der Waals surface area contributed by atoms with Crippen LogP contribution in [-0.4, -0.2) is 70.6 Å². The number of aromatic hydroxyl groups is 1. The van der Waals surface area contributed by atoms with Gasteiger partial charge in [-0.15, -0.1) is 5.10 Å².